The molecule has 0 saturated carbocycles. The van der Waals surface area contributed by atoms with Crippen molar-refractivity contribution in [2.45, 2.75) is 31.3 Å². The number of urea groups is 1. The van der Waals surface area contributed by atoms with Crippen molar-refractivity contribution >= 4 is 17.6 Å². The second kappa shape index (κ2) is 9.93. The molecule has 1 fully saturated rings. The third-order valence-electron chi connectivity index (χ3n) is 6.85. The Balaban J connectivity index is 1.33. The molecule has 0 spiro atoms. The lowest BCUT2D eigenvalue weighted by molar-refractivity contribution is -0.118. The number of aromatic nitrogens is 1. The molecule has 9 heteroatoms. The van der Waals surface area contributed by atoms with Gasteiger partial charge in [-0.2, -0.15) is 0 Å². The zero-order chi connectivity index (χ0) is 25.2. The quantitative estimate of drug-likeness (QED) is 0.572. The number of halogens is 2. The molecule has 0 radical (unpaired) electrons. The van der Waals surface area contributed by atoms with Gasteiger partial charge in [0, 0.05) is 55.5 Å². The van der Waals surface area contributed by atoms with E-state index in [0.717, 1.165) is 29.8 Å². The van der Waals surface area contributed by atoms with Crippen molar-refractivity contribution in [2.75, 3.05) is 18.4 Å². The molecule has 3 heterocycles. The Bertz CT molecular complexity index is 1340. The fourth-order valence-electron chi connectivity index (χ4n) is 5.16. The number of nitrogens with one attached hydrogen (secondary N) is 2. The molecule has 1 aromatic heterocycles. The Morgan fingerprint density at radius 1 is 0.944 bits per heavy atom. The number of hydrogen-bond acceptors (Lipinski definition) is 3. The van der Waals surface area contributed by atoms with Gasteiger partial charge in [0.2, 0.25) is 5.91 Å². The largest absolute Gasteiger partial charge is 0.326 e. The van der Waals surface area contributed by atoms with Crippen LogP contribution in [0.1, 0.15) is 23.6 Å². The lowest BCUT2D eigenvalue weighted by Crippen LogP contribution is -2.55. The van der Waals surface area contributed by atoms with E-state index in [1.807, 2.05) is 36.4 Å². The third-order valence-corrected chi connectivity index (χ3v) is 6.85. The van der Waals surface area contributed by atoms with Crippen LogP contribution in [0.25, 0.3) is 0 Å². The van der Waals surface area contributed by atoms with Crippen LogP contribution in [0.5, 0.6) is 0 Å². The van der Waals surface area contributed by atoms with E-state index in [1.54, 1.807) is 21.6 Å². The summed E-state index contributed by atoms with van der Waals surface area (Å²) >= 11 is 0. The summed E-state index contributed by atoms with van der Waals surface area (Å²) in [4.78, 5) is 40.4. The van der Waals surface area contributed by atoms with Crippen molar-refractivity contribution in [1.82, 2.24) is 14.8 Å². The second-order valence-electron chi connectivity index (χ2n) is 9.41. The van der Waals surface area contributed by atoms with Crippen LogP contribution in [0, 0.1) is 17.6 Å². The van der Waals surface area contributed by atoms with Crippen LogP contribution in [0.3, 0.4) is 0 Å². The number of anilines is 1. The normalized spacial score (nSPS) is 19.2. The topological polar surface area (TPSA) is 83.4 Å². The summed E-state index contributed by atoms with van der Waals surface area (Å²) in [5.74, 6) is -2.43. The summed E-state index contributed by atoms with van der Waals surface area (Å²) in [5.41, 5.74) is 1.83. The van der Waals surface area contributed by atoms with Gasteiger partial charge < -0.3 is 20.1 Å². The van der Waals surface area contributed by atoms with Gasteiger partial charge in [-0.3, -0.25) is 9.59 Å². The molecule has 2 aliphatic rings. The number of fused-ring (bicyclic) bond motifs is 4. The fourth-order valence-corrected chi connectivity index (χ4v) is 5.16. The minimum absolute atomic E-state index is 0.0306. The van der Waals surface area contributed by atoms with E-state index in [1.165, 1.54) is 6.07 Å². The molecule has 2 aromatic carbocycles. The summed E-state index contributed by atoms with van der Waals surface area (Å²) in [6, 6.07) is 16.2. The first-order valence-corrected chi connectivity index (χ1v) is 11.9. The van der Waals surface area contributed by atoms with Crippen LogP contribution in [-0.2, 0) is 17.8 Å². The predicted octanol–water partition coefficient (Wildman–Crippen LogP) is 3.51. The van der Waals surface area contributed by atoms with Gasteiger partial charge >= 0.3 is 6.03 Å². The van der Waals surface area contributed by atoms with Gasteiger partial charge in [0.1, 0.15) is 6.04 Å². The van der Waals surface area contributed by atoms with Crippen LogP contribution in [0.4, 0.5) is 19.3 Å². The van der Waals surface area contributed by atoms with Gasteiger partial charge in [-0.15, -0.1) is 0 Å². The number of nitrogens with zero attached hydrogens (tertiary/aromatic N) is 2. The third kappa shape index (κ3) is 5.00. The number of piperidine rings is 1. The highest BCUT2D eigenvalue weighted by Crippen LogP contribution is 2.34. The van der Waals surface area contributed by atoms with Crippen molar-refractivity contribution in [3.8, 4) is 0 Å². The number of benzene rings is 2. The van der Waals surface area contributed by atoms with E-state index in [2.05, 4.69) is 10.6 Å². The molecule has 0 aliphatic carbocycles. The maximum absolute atomic E-state index is 13.6. The van der Waals surface area contributed by atoms with Gasteiger partial charge in [-0.25, -0.2) is 13.6 Å². The van der Waals surface area contributed by atoms with E-state index in [9.17, 15) is 23.2 Å². The number of rotatable bonds is 5. The molecule has 2 bridgehead atoms. The number of pyridine rings is 1. The second-order valence-corrected chi connectivity index (χ2v) is 9.41. The van der Waals surface area contributed by atoms with Gasteiger partial charge in [0.05, 0.1) is 0 Å². The molecule has 7 nitrogen and oxygen atoms in total. The first-order valence-electron chi connectivity index (χ1n) is 11.9. The van der Waals surface area contributed by atoms with Crippen LogP contribution in [-0.4, -0.2) is 40.5 Å². The summed E-state index contributed by atoms with van der Waals surface area (Å²) in [6.45, 7) is 1.47. The highest BCUT2D eigenvalue weighted by molar-refractivity contribution is 5.97. The van der Waals surface area contributed by atoms with E-state index in [0.29, 0.717) is 19.6 Å². The number of carbonyl (C=O) groups excluding carboxylic acids is 2. The van der Waals surface area contributed by atoms with Crippen LogP contribution < -0.4 is 16.2 Å². The Morgan fingerprint density at radius 3 is 2.53 bits per heavy atom. The standard InChI is InChI=1S/C27H26F2N4O3/c28-21-10-9-20(13-22(21)29)30-26(35)23(12-17-5-2-1-3-6-17)31-27(36)32-14-18-11-19(16-32)24-7-4-8-25(34)33(24)15-18/h1-10,13,18-19,23H,11-12,14-16H2,(H,30,35)(H,31,36)/t18-,19-,23-/m0/s1. The van der Waals surface area contributed by atoms with Crippen molar-refractivity contribution in [3.63, 3.8) is 0 Å². The van der Waals surface area contributed by atoms with Gasteiger partial charge in [-0.05, 0) is 36.1 Å². The zero-order valence-electron chi connectivity index (χ0n) is 19.5. The monoisotopic (exact) mass is 492 g/mol. The molecule has 2 N–H and O–H groups in total. The summed E-state index contributed by atoms with van der Waals surface area (Å²) in [7, 11) is 0. The van der Waals surface area contributed by atoms with Crippen molar-refractivity contribution in [2.24, 2.45) is 5.92 Å². The van der Waals surface area contributed by atoms with Crippen molar-refractivity contribution in [3.05, 3.63) is 100.0 Å². The Hall–Kier alpha value is -4.01. The minimum atomic E-state index is -1.07. The lowest BCUT2D eigenvalue weighted by atomic mass is 9.83. The lowest BCUT2D eigenvalue weighted by Gasteiger charge is -2.43. The summed E-state index contributed by atoms with van der Waals surface area (Å²) in [6.07, 6.45) is 1.12. The highest BCUT2D eigenvalue weighted by Gasteiger charge is 2.37. The van der Waals surface area contributed by atoms with Gasteiger partial charge in [0.15, 0.2) is 11.6 Å². The minimum Gasteiger partial charge on any atom is -0.326 e. The fraction of sp³-hybridized carbons (Fsp3) is 0.296. The molecule has 186 valence electrons. The van der Waals surface area contributed by atoms with E-state index in [-0.39, 0.29) is 35.5 Å². The maximum atomic E-state index is 13.6. The molecule has 3 amide bonds. The van der Waals surface area contributed by atoms with E-state index < -0.39 is 23.6 Å². The predicted molar refractivity (Wildman–Crippen MR) is 131 cm³/mol. The molecular weight excluding hydrogens is 466 g/mol. The summed E-state index contributed by atoms with van der Waals surface area (Å²) in [5, 5.41) is 5.43. The highest BCUT2D eigenvalue weighted by atomic mass is 19.2. The van der Waals surface area contributed by atoms with E-state index >= 15 is 0 Å². The maximum Gasteiger partial charge on any atom is 0.318 e. The Kier molecular flexibility index (Phi) is 6.54. The molecule has 1 saturated heterocycles. The Morgan fingerprint density at radius 2 is 1.75 bits per heavy atom. The number of likely N-dealkylation sites (tertiary alicyclic amines) is 1. The molecule has 3 atom stereocenters. The first kappa shape index (κ1) is 23.7. The van der Waals surface area contributed by atoms with Crippen molar-refractivity contribution in [1.29, 1.82) is 0 Å². The molecule has 36 heavy (non-hydrogen) atoms. The molecular formula is C27H26F2N4O3. The molecule has 5 rings (SSSR count). The summed E-state index contributed by atoms with van der Waals surface area (Å²) < 4.78 is 28.7. The van der Waals surface area contributed by atoms with Gasteiger partial charge in [0.25, 0.3) is 5.56 Å². The average molecular weight is 493 g/mol. The SMILES string of the molecule is O=C(Nc1ccc(F)c(F)c1)[C@H](Cc1ccccc1)NC(=O)N1C[C@@H]2C[C@@H](C1)c1cccc(=O)n1C2. The van der Waals surface area contributed by atoms with Crippen LogP contribution in [0.2, 0.25) is 0 Å². The number of carbonyl (C=O) groups is 2. The molecule has 2 aliphatic heterocycles. The smallest absolute Gasteiger partial charge is 0.318 e. The van der Waals surface area contributed by atoms with Crippen molar-refractivity contribution < 1.29 is 18.4 Å². The average Bonchev–Trinajstić information content (AvgIpc) is 2.87. The van der Waals surface area contributed by atoms with Crippen LogP contribution >= 0.6 is 0 Å². The number of amides is 3. The van der Waals surface area contributed by atoms with Gasteiger partial charge in [-0.1, -0.05) is 36.4 Å². The van der Waals surface area contributed by atoms with E-state index in [4.69, 9.17) is 0 Å². The zero-order valence-corrected chi connectivity index (χ0v) is 19.5. The molecule has 3 aromatic rings. The first-order chi connectivity index (χ1) is 17.4. The molecule has 0 unspecified atom stereocenters. The Labute approximate surface area is 206 Å². The number of hydrogen-bond donors (Lipinski definition) is 2. The van der Waals surface area contributed by atoms with Crippen LogP contribution in [0.15, 0.2) is 71.5 Å².